The second-order valence-electron chi connectivity index (χ2n) is 4.26. The predicted octanol–water partition coefficient (Wildman–Crippen LogP) is 3.06. The largest absolute Gasteiger partial charge is 0.265 e. The van der Waals surface area contributed by atoms with Gasteiger partial charge in [0.1, 0.15) is 11.5 Å². The summed E-state index contributed by atoms with van der Waals surface area (Å²) in [5.74, 6) is 0.775. The number of fused-ring (bicyclic) bond motifs is 1. The maximum atomic E-state index is 5.83. The monoisotopic (exact) mass is 258 g/mol. The van der Waals surface area contributed by atoms with Gasteiger partial charge in [-0.15, -0.1) is 10.2 Å². The number of nitrogens with zero attached hydrogens (tertiary/aromatic N) is 4. The topological polar surface area (TPSA) is 43.1 Å². The highest BCUT2D eigenvalue weighted by molar-refractivity contribution is 6.29. The van der Waals surface area contributed by atoms with E-state index in [4.69, 9.17) is 11.6 Å². The van der Waals surface area contributed by atoms with Crippen molar-refractivity contribution >= 4 is 17.2 Å². The first kappa shape index (κ1) is 11.2. The van der Waals surface area contributed by atoms with Crippen molar-refractivity contribution in [2.24, 2.45) is 0 Å². The van der Waals surface area contributed by atoms with Crippen molar-refractivity contribution in [2.45, 2.75) is 13.8 Å². The first-order valence-electron chi connectivity index (χ1n) is 5.59. The molecule has 18 heavy (non-hydrogen) atoms. The highest BCUT2D eigenvalue weighted by Gasteiger charge is 2.09. The lowest BCUT2D eigenvalue weighted by atomic mass is 10.1. The van der Waals surface area contributed by atoms with Crippen molar-refractivity contribution in [3.05, 3.63) is 46.9 Å². The SMILES string of the molecule is Cc1ccc(-c2nnc3cc(Cl)ncn23)cc1C. The Kier molecular flexibility index (Phi) is 2.52. The average molecular weight is 259 g/mol. The Balaban J connectivity index is 2.22. The molecule has 3 aromatic rings. The summed E-state index contributed by atoms with van der Waals surface area (Å²) >= 11 is 5.83. The second-order valence-corrected chi connectivity index (χ2v) is 4.65. The molecule has 0 aliphatic carbocycles. The van der Waals surface area contributed by atoms with Crippen LogP contribution in [-0.2, 0) is 0 Å². The van der Waals surface area contributed by atoms with Gasteiger partial charge in [-0.05, 0) is 31.0 Å². The Morgan fingerprint density at radius 1 is 1.06 bits per heavy atom. The first-order chi connectivity index (χ1) is 8.65. The fourth-order valence-electron chi connectivity index (χ4n) is 1.85. The molecule has 0 amide bonds. The van der Waals surface area contributed by atoms with E-state index in [-0.39, 0.29) is 0 Å². The molecule has 0 bridgehead atoms. The van der Waals surface area contributed by atoms with Gasteiger partial charge >= 0.3 is 0 Å². The third kappa shape index (κ3) is 1.75. The molecule has 0 atom stereocenters. The van der Waals surface area contributed by atoms with Gasteiger partial charge in [0.2, 0.25) is 0 Å². The Hall–Kier alpha value is -1.94. The molecular formula is C13H11ClN4. The van der Waals surface area contributed by atoms with Crippen molar-refractivity contribution < 1.29 is 0 Å². The van der Waals surface area contributed by atoms with Crippen LogP contribution in [0.5, 0.6) is 0 Å². The van der Waals surface area contributed by atoms with Crippen molar-refractivity contribution in [1.29, 1.82) is 0 Å². The molecule has 0 N–H and O–H groups in total. The lowest BCUT2D eigenvalue weighted by molar-refractivity contribution is 1.08. The van der Waals surface area contributed by atoms with Gasteiger partial charge in [0.15, 0.2) is 11.5 Å². The second kappa shape index (κ2) is 4.07. The highest BCUT2D eigenvalue weighted by atomic mass is 35.5. The highest BCUT2D eigenvalue weighted by Crippen LogP contribution is 2.21. The fourth-order valence-corrected chi connectivity index (χ4v) is 1.99. The van der Waals surface area contributed by atoms with Gasteiger partial charge in [0, 0.05) is 11.6 Å². The molecule has 0 spiro atoms. The number of rotatable bonds is 1. The summed E-state index contributed by atoms with van der Waals surface area (Å²) in [6.45, 7) is 4.17. The molecule has 1 aromatic carbocycles. The Labute approximate surface area is 109 Å². The number of hydrogen-bond donors (Lipinski definition) is 0. The summed E-state index contributed by atoms with van der Waals surface area (Å²) in [4.78, 5) is 4.05. The van der Waals surface area contributed by atoms with Gasteiger partial charge in [-0.3, -0.25) is 4.40 Å². The van der Waals surface area contributed by atoms with Gasteiger partial charge in [-0.2, -0.15) is 0 Å². The van der Waals surface area contributed by atoms with Crippen LogP contribution in [0, 0.1) is 13.8 Å². The zero-order chi connectivity index (χ0) is 12.7. The van der Waals surface area contributed by atoms with Crippen molar-refractivity contribution in [3.63, 3.8) is 0 Å². The molecule has 2 aromatic heterocycles. The van der Waals surface area contributed by atoms with Crippen LogP contribution in [0.4, 0.5) is 0 Å². The van der Waals surface area contributed by atoms with Gasteiger partial charge in [-0.1, -0.05) is 23.7 Å². The Morgan fingerprint density at radius 3 is 2.67 bits per heavy atom. The van der Waals surface area contributed by atoms with Crippen molar-refractivity contribution in [2.75, 3.05) is 0 Å². The molecule has 0 saturated heterocycles. The van der Waals surface area contributed by atoms with E-state index in [0.717, 1.165) is 11.4 Å². The molecule has 3 rings (SSSR count). The Morgan fingerprint density at radius 2 is 1.89 bits per heavy atom. The molecule has 0 aliphatic rings. The van der Waals surface area contributed by atoms with E-state index in [0.29, 0.717) is 10.8 Å². The van der Waals surface area contributed by atoms with Gasteiger partial charge in [0.25, 0.3) is 0 Å². The van der Waals surface area contributed by atoms with E-state index in [2.05, 4.69) is 41.2 Å². The minimum Gasteiger partial charge on any atom is -0.265 e. The van der Waals surface area contributed by atoms with Crippen molar-refractivity contribution in [3.8, 4) is 11.4 Å². The minimum absolute atomic E-state index is 0.418. The third-order valence-corrected chi connectivity index (χ3v) is 3.24. The van der Waals surface area contributed by atoms with Crippen molar-refractivity contribution in [1.82, 2.24) is 19.6 Å². The molecule has 0 saturated carbocycles. The third-order valence-electron chi connectivity index (χ3n) is 3.03. The van der Waals surface area contributed by atoms with Crippen LogP contribution >= 0.6 is 11.6 Å². The number of aromatic nitrogens is 4. The fraction of sp³-hybridized carbons (Fsp3) is 0.154. The number of halogens is 1. The van der Waals surface area contributed by atoms with E-state index in [1.807, 2.05) is 10.5 Å². The van der Waals surface area contributed by atoms with E-state index < -0.39 is 0 Å². The van der Waals surface area contributed by atoms with Crippen LogP contribution in [-0.4, -0.2) is 19.6 Å². The predicted molar refractivity (Wildman–Crippen MR) is 70.7 cm³/mol. The maximum absolute atomic E-state index is 5.83. The lowest BCUT2D eigenvalue weighted by Crippen LogP contribution is -1.92. The zero-order valence-electron chi connectivity index (χ0n) is 10.1. The average Bonchev–Trinajstić information content (AvgIpc) is 2.75. The summed E-state index contributed by atoms with van der Waals surface area (Å²) in [6, 6.07) is 7.90. The van der Waals surface area contributed by atoms with Gasteiger partial charge in [0.05, 0.1) is 0 Å². The van der Waals surface area contributed by atoms with Crippen LogP contribution in [0.3, 0.4) is 0 Å². The molecule has 5 heteroatoms. The van der Waals surface area contributed by atoms with E-state index in [1.165, 1.54) is 11.1 Å². The summed E-state index contributed by atoms with van der Waals surface area (Å²) in [7, 11) is 0. The summed E-state index contributed by atoms with van der Waals surface area (Å²) in [5, 5.41) is 8.71. The molecule has 0 unspecified atom stereocenters. The van der Waals surface area contributed by atoms with Crippen LogP contribution in [0.25, 0.3) is 17.0 Å². The molecule has 2 heterocycles. The van der Waals surface area contributed by atoms with Crippen LogP contribution in [0.15, 0.2) is 30.6 Å². The summed E-state index contributed by atoms with van der Waals surface area (Å²) in [6.07, 6.45) is 1.64. The molecule has 0 radical (unpaired) electrons. The summed E-state index contributed by atoms with van der Waals surface area (Å²) in [5.41, 5.74) is 4.21. The van der Waals surface area contributed by atoms with Crippen LogP contribution in [0.2, 0.25) is 5.15 Å². The van der Waals surface area contributed by atoms with Crippen LogP contribution in [0.1, 0.15) is 11.1 Å². The molecular weight excluding hydrogens is 248 g/mol. The van der Waals surface area contributed by atoms with Gasteiger partial charge < -0.3 is 0 Å². The van der Waals surface area contributed by atoms with E-state index >= 15 is 0 Å². The van der Waals surface area contributed by atoms with E-state index in [1.54, 1.807) is 12.4 Å². The molecule has 0 aliphatic heterocycles. The molecule has 4 nitrogen and oxygen atoms in total. The minimum atomic E-state index is 0.418. The number of benzene rings is 1. The number of aryl methyl sites for hydroxylation is 2. The normalized spacial score (nSPS) is 11.1. The van der Waals surface area contributed by atoms with Gasteiger partial charge in [-0.25, -0.2) is 4.98 Å². The molecule has 90 valence electrons. The standard InChI is InChI=1S/C13H11ClN4/c1-8-3-4-10(5-9(8)2)13-17-16-12-6-11(14)15-7-18(12)13/h3-7H,1-2H3. The smallest absolute Gasteiger partial charge is 0.169 e. The summed E-state index contributed by atoms with van der Waals surface area (Å²) < 4.78 is 1.83. The zero-order valence-corrected chi connectivity index (χ0v) is 10.8. The Bertz CT molecular complexity index is 733. The molecule has 0 fully saturated rings. The first-order valence-corrected chi connectivity index (χ1v) is 5.97. The van der Waals surface area contributed by atoms with E-state index in [9.17, 15) is 0 Å². The van der Waals surface area contributed by atoms with Crippen LogP contribution < -0.4 is 0 Å². The number of hydrogen-bond acceptors (Lipinski definition) is 3. The quantitative estimate of drug-likeness (QED) is 0.630. The lowest BCUT2D eigenvalue weighted by Gasteiger charge is -2.03. The maximum Gasteiger partial charge on any atom is 0.169 e.